The zero-order valence-electron chi connectivity index (χ0n) is 15.7. The number of pyridine rings is 1. The van der Waals surface area contributed by atoms with Crippen molar-refractivity contribution in [1.82, 2.24) is 9.97 Å². The molecule has 2 N–H and O–H groups in total. The molecule has 4 aromatic rings. The maximum atomic E-state index is 12.1. The van der Waals surface area contributed by atoms with E-state index in [9.17, 15) is 4.79 Å². The van der Waals surface area contributed by atoms with Crippen molar-refractivity contribution in [3.63, 3.8) is 0 Å². The number of fused-ring (bicyclic) bond motifs is 1. The summed E-state index contributed by atoms with van der Waals surface area (Å²) in [5.74, 6) is 1.91. The van der Waals surface area contributed by atoms with Crippen LogP contribution in [0.1, 0.15) is 0 Å². The number of H-pyrrole nitrogens is 1. The van der Waals surface area contributed by atoms with Crippen LogP contribution in [-0.4, -0.2) is 29.6 Å². The van der Waals surface area contributed by atoms with Crippen LogP contribution in [0.15, 0.2) is 73.1 Å². The normalized spacial score (nSPS) is 10.5. The van der Waals surface area contributed by atoms with Gasteiger partial charge in [-0.3, -0.25) is 4.79 Å². The van der Waals surface area contributed by atoms with Crippen molar-refractivity contribution in [2.24, 2.45) is 0 Å². The Bertz CT molecular complexity index is 1120. The molecule has 2 heterocycles. The van der Waals surface area contributed by atoms with Crippen LogP contribution in [-0.2, 0) is 4.79 Å². The van der Waals surface area contributed by atoms with E-state index in [1.807, 2.05) is 42.6 Å². The molecule has 0 aliphatic rings. The van der Waals surface area contributed by atoms with E-state index in [4.69, 9.17) is 14.2 Å². The lowest BCUT2D eigenvalue weighted by Crippen LogP contribution is -2.20. The highest BCUT2D eigenvalue weighted by Crippen LogP contribution is 2.29. The number of para-hydroxylation sites is 2. The second-order valence-corrected chi connectivity index (χ2v) is 6.17. The van der Waals surface area contributed by atoms with Crippen molar-refractivity contribution < 1.29 is 19.0 Å². The lowest BCUT2D eigenvalue weighted by Gasteiger charge is -2.11. The molecule has 0 aliphatic heterocycles. The lowest BCUT2D eigenvalue weighted by atomic mass is 10.2. The highest BCUT2D eigenvalue weighted by Gasteiger charge is 2.09. The van der Waals surface area contributed by atoms with Gasteiger partial charge in [-0.25, -0.2) is 4.98 Å². The topological polar surface area (TPSA) is 85.5 Å². The number of nitrogens with one attached hydrogen (secondary N) is 2. The van der Waals surface area contributed by atoms with Crippen LogP contribution < -0.4 is 19.5 Å². The molecule has 2 aromatic heterocycles. The third-order valence-electron chi connectivity index (χ3n) is 4.22. The summed E-state index contributed by atoms with van der Waals surface area (Å²) in [6.07, 6.45) is 3.39. The van der Waals surface area contributed by atoms with Crippen LogP contribution in [0.5, 0.6) is 23.1 Å². The van der Waals surface area contributed by atoms with Gasteiger partial charge in [0.05, 0.1) is 19.0 Å². The van der Waals surface area contributed by atoms with Crippen LogP contribution in [0.4, 0.5) is 5.69 Å². The van der Waals surface area contributed by atoms with Crippen molar-refractivity contribution >= 4 is 22.5 Å². The van der Waals surface area contributed by atoms with Gasteiger partial charge in [-0.05, 0) is 36.4 Å². The fraction of sp³-hybridized carbons (Fsp3) is 0.0909. The van der Waals surface area contributed by atoms with Crippen molar-refractivity contribution in [2.45, 2.75) is 0 Å². The second-order valence-electron chi connectivity index (χ2n) is 6.17. The van der Waals surface area contributed by atoms with E-state index in [1.165, 1.54) is 6.20 Å². The van der Waals surface area contributed by atoms with Crippen LogP contribution in [0.3, 0.4) is 0 Å². The van der Waals surface area contributed by atoms with Crippen molar-refractivity contribution in [2.75, 3.05) is 19.0 Å². The molecule has 0 aliphatic carbocycles. The molecule has 7 nitrogen and oxygen atoms in total. The number of nitrogens with zero attached hydrogens (tertiary/aromatic N) is 1. The third kappa shape index (κ3) is 4.30. The number of carbonyl (C=O) groups is 1. The van der Waals surface area contributed by atoms with Gasteiger partial charge in [-0.2, -0.15) is 0 Å². The summed E-state index contributed by atoms with van der Waals surface area (Å²) in [6.45, 7) is -0.145. The highest BCUT2D eigenvalue weighted by molar-refractivity contribution is 5.91. The number of anilines is 1. The van der Waals surface area contributed by atoms with E-state index in [1.54, 1.807) is 31.4 Å². The van der Waals surface area contributed by atoms with Gasteiger partial charge in [-0.15, -0.1) is 0 Å². The van der Waals surface area contributed by atoms with Crippen molar-refractivity contribution in [3.8, 4) is 23.1 Å². The molecule has 29 heavy (non-hydrogen) atoms. The van der Waals surface area contributed by atoms with Crippen LogP contribution in [0.25, 0.3) is 10.9 Å². The second kappa shape index (κ2) is 8.35. The largest absolute Gasteiger partial charge is 0.493 e. The minimum atomic E-state index is -0.302. The van der Waals surface area contributed by atoms with Gasteiger partial charge in [0.2, 0.25) is 5.88 Å². The Balaban J connectivity index is 1.35. The van der Waals surface area contributed by atoms with Crippen LogP contribution >= 0.6 is 0 Å². The average molecular weight is 389 g/mol. The molecule has 7 heteroatoms. The summed E-state index contributed by atoms with van der Waals surface area (Å²) in [4.78, 5) is 19.5. The summed E-state index contributed by atoms with van der Waals surface area (Å²) in [5, 5.41) is 3.71. The Labute approximate surface area is 167 Å². The van der Waals surface area contributed by atoms with Crippen molar-refractivity contribution in [3.05, 3.63) is 73.1 Å². The summed E-state index contributed by atoms with van der Waals surface area (Å²) >= 11 is 0. The molecular weight excluding hydrogens is 370 g/mol. The number of hydrogen-bond acceptors (Lipinski definition) is 5. The summed E-state index contributed by atoms with van der Waals surface area (Å²) in [6, 6.07) is 18.3. The molecule has 146 valence electrons. The number of aromatic amines is 1. The van der Waals surface area contributed by atoms with Gasteiger partial charge < -0.3 is 24.5 Å². The maximum Gasteiger partial charge on any atom is 0.262 e. The van der Waals surface area contributed by atoms with Gasteiger partial charge >= 0.3 is 0 Å². The number of amides is 1. The Hall–Kier alpha value is -4.00. The number of carbonyl (C=O) groups excluding carboxylic acids is 1. The first kappa shape index (κ1) is 18.4. The van der Waals surface area contributed by atoms with Gasteiger partial charge in [0.1, 0.15) is 5.75 Å². The Morgan fingerprint density at radius 2 is 1.83 bits per heavy atom. The molecule has 0 spiro atoms. The maximum absolute atomic E-state index is 12.1. The Kier molecular flexibility index (Phi) is 5.29. The fourth-order valence-corrected chi connectivity index (χ4v) is 2.85. The number of hydrogen-bond donors (Lipinski definition) is 2. The number of rotatable bonds is 7. The van der Waals surface area contributed by atoms with E-state index in [0.29, 0.717) is 28.8 Å². The van der Waals surface area contributed by atoms with Crippen LogP contribution in [0.2, 0.25) is 0 Å². The standard InChI is InChI=1S/C22H19N3O4/c1-27-19-6-2-3-7-20(19)28-14-21(26)25-15-9-10-22(24-13-15)29-18-8-4-5-17-16(18)11-12-23-17/h2-13,23H,14H2,1H3,(H,25,26). The lowest BCUT2D eigenvalue weighted by molar-refractivity contribution is -0.118. The quantitative estimate of drug-likeness (QED) is 0.490. The molecule has 0 fully saturated rings. The number of ether oxygens (including phenoxy) is 3. The average Bonchev–Trinajstić information content (AvgIpc) is 3.24. The molecule has 0 radical (unpaired) electrons. The number of aromatic nitrogens is 2. The zero-order valence-corrected chi connectivity index (χ0v) is 15.7. The van der Waals surface area contributed by atoms with E-state index in [2.05, 4.69) is 15.3 Å². The van der Waals surface area contributed by atoms with Gasteiger partial charge in [-0.1, -0.05) is 18.2 Å². The summed E-state index contributed by atoms with van der Waals surface area (Å²) in [5.41, 5.74) is 1.53. The smallest absolute Gasteiger partial charge is 0.262 e. The molecule has 2 aromatic carbocycles. The first-order valence-corrected chi connectivity index (χ1v) is 8.98. The predicted octanol–water partition coefficient (Wildman–Crippen LogP) is 4.38. The van der Waals surface area contributed by atoms with Crippen molar-refractivity contribution in [1.29, 1.82) is 0 Å². The van der Waals surface area contributed by atoms with Crippen LogP contribution in [0, 0.1) is 0 Å². The molecule has 0 unspecified atom stereocenters. The first-order chi connectivity index (χ1) is 14.2. The Morgan fingerprint density at radius 1 is 1.00 bits per heavy atom. The van der Waals surface area contributed by atoms with E-state index >= 15 is 0 Å². The Morgan fingerprint density at radius 3 is 2.62 bits per heavy atom. The fourth-order valence-electron chi connectivity index (χ4n) is 2.85. The molecule has 0 bridgehead atoms. The van der Waals surface area contributed by atoms with E-state index in [0.717, 1.165) is 10.9 Å². The number of benzene rings is 2. The molecule has 4 rings (SSSR count). The molecule has 1 amide bonds. The predicted molar refractivity (Wildman–Crippen MR) is 110 cm³/mol. The summed E-state index contributed by atoms with van der Waals surface area (Å²) < 4.78 is 16.6. The molecule has 0 atom stereocenters. The minimum Gasteiger partial charge on any atom is -0.493 e. The number of methoxy groups -OCH3 is 1. The monoisotopic (exact) mass is 389 g/mol. The minimum absolute atomic E-state index is 0.145. The zero-order chi connectivity index (χ0) is 20.1. The van der Waals surface area contributed by atoms with E-state index < -0.39 is 0 Å². The molecule has 0 saturated heterocycles. The summed E-state index contributed by atoms with van der Waals surface area (Å²) in [7, 11) is 1.55. The van der Waals surface area contributed by atoms with Gasteiger partial charge in [0.15, 0.2) is 18.1 Å². The highest BCUT2D eigenvalue weighted by atomic mass is 16.5. The van der Waals surface area contributed by atoms with Gasteiger partial charge in [0.25, 0.3) is 5.91 Å². The van der Waals surface area contributed by atoms with Gasteiger partial charge in [0, 0.05) is 23.2 Å². The first-order valence-electron chi connectivity index (χ1n) is 8.98. The SMILES string of the molecule is COc1ccccc1OCC(=O)Nc1ccc(Oc2cccc3[nH]ccc23)nc1. The van der Waals surface area contributed by atoms with E-state index in [-0.39, 0.29) is 12.5 Å². The molecular formula is C22H19N3O4. The molecule has 0 saturated carbocycles. The third-order valence-corrected chi connectivity index (χ3v) is 4.22.